The third-order valence-corrected chi connectivity index (χ3v) is 2.85. The van der Waals surface area contributed by atoms with Gasteiger partial charge in [0.15, 0.2) is 0 Å². The average molecular weight is 236 g/mol. The Morgan fingerprint density at radius 3 is 2.12 bits per heavy atom. The molecular weight excluding hydrogens is 216 g/mol. The largest absolute Gasteiger partial charge is 0.326 e. The number of amides is 1. The van der Waals surface area contributed by atoms with Crippen LogP contribution in [0.1, 0.15) is 38.3 Å². The van der Waals surface area contributed by atoms with Crippen LogP contribution in [0.3, 0.4) is 0 Å². The fourth-order valence-corrected chi connectivity index (χ4v) is 1.96. The smallest absolute Gasteiger partial charge is 0.224 e. The van der Waals surface area contributed by atoms with E-state index < -0.39 is 0 Å². The maximum Gasteiger partial charge on any atom is 0.224 e. The van der Waals surface area contributed by atoms with Crippen molar-refractivity contribution in [3.8, 4) is 0 Å². The first-order valence-corrected chi connectivity index (χ1v) is 6.02. The molecule has 0 spiro atoms. The molecule has 0 aliphatic heterocycles. The Balaban J connectivity index is 3.18. The molecule has 4 nitrogen and oxygen atoms in total. The Labute approximate surface area is 102 Å². The highest BCUT2D eigenvalue weighted by Gasteiger charge is 2.11. The minimum absolute atomic E-state index is 0.00598. The van der Waals surface area contributed by atoms with Crippen LogP contribution in [-0.4, -0.2) is 11.1 Å². The van der Waals surface area contributed by atoms with E-state index in [-0.39, 0.29) is 5.91 Å². The van der Waals surface area contributed by atoms with E-state index in [0.717, 1.165) is 29.7 Å². The molecule has 1 rings (SSSR count). The predicted octanol–water partition coefficient (Wildman–Crippen LogP) is 2.96. The maximum atomic E-state index is 11.4. The summed E-state index contributed by atoms with van der Waals surface area (Å²) in [5.74, 6) is 0.00598. The van der Waals surface area contributed by atoms with Crippen LogP contribution in [0, 0.1) is 0 Å². The predicted molar refractivity (Wildman–Crippen MR) is 69.5 cm³/mol. The summed E-state index contributed by atoms with van der Waals surface area (Å²) < 4.78 is 0. The second-order valence-corrected chi connectivity index (χ2v) is 3.84. The molecule has 0 heterocycles. The summed E-state index contributed by atoms with van der Waals surface area (Å²) in [6.07, 6.45) is 2.09. The van der Waals surface area contributed by atoms with Crippen LogP contribution in [-0.2, 0) is 17.6 Å². The molecule has 0 unspecified atom stereocenters. The van der Waals surface area contributed by atoms with Crippen LogP contribution in [0.2, 0.25) is 0 Å². The minimum atomic E-state index is 0.00598. The second kappa shape index (κ2) is 6.25. The highest BCUT2D eigenvalue weighted by Crippen LogP contribution is 2.28. The van der Waals surface area contributed by atoms with Crippen LogP contribution in [0.25, 0.3) is 0 Å². The molecule has 0 aliphatic carbocycles. The molecule has 0 radical (unpaired) electrons. The molecule has 17 heavy (non-hydrogen) atoms. The zero-order valence-corrected chi connectivity index (χ0v) is 10.6. The molecule has 4 heteroatoms. The molecule has 94 valence electrons. The fourth-order valence-electron chi connectivity index (χ4n) is 1.96. The van der Waals surface area contributed by atoms with Gasteiger partial charge in [-0.1, -0.05) is 20.8 Å². The van der Waals surface area contributed by atoms with Crippen molar-refractivity contribution >= 4 is 17.3 Å². The molecule has 1 amide bonds. The van der Waals surface area contributed by atoms with E-state index in [1.54, 1.807) is 6.07 Å². The van der Waals surface area contributed by atoms with Crippen LogP contribution >= 0.6 is 0 Å². The minimum Gasteiger partial charge on any atom is -0.326 e. The Bertz CT molecular complexity index is 403. The third kappa shape index (κ3) is 2.97. The van der Waals surface area contributed by atoms with E-state index >= 15 is 0 Å². The van der Waals surface area contributed by atoms with Gasteiger partial charge in [0.05, 0.1) is 5.69 Å². The first-order chi connectivity index (χ1) is 8.17. The Morgan fingerprint density at radius 2 is 1.65 bits per heavy atom. The van der Waals surface area contributed by atoms with Gasteiger partial charge in [-0.2, -0.15) is 0 Å². The number of benzene rings is 1. The van der Waals surface area contributed by atoms with Crippen molar-refractivity contribution in [3.05, 3.63) is 23.3 Å². The van der Waals surface area contributed by atoms with Crippen LogP contribution in [0.15, 0.2) is 12.1 Å². The van der Waals surface area contributed by atoms with Gasteiger partial charge in [-0.25, -0.2) is 0 Å². The zero-order valence-electron chi connectivity index (χ0n) is 10.6. The van der Waals surface area contributed by atoms with Crippen molar-refractivity contribution < 1.29 is 10.0 Å². The van der Waals surface area contributed by atoms with Gasteiger partial charge in [0, 0.05) is 12.1 Å². The van der Waals surface area contributed by atoms with E-state index in [4.69, 9.17) is 5.21 Å². The number of hydrogen-bond donors (Lipinski definition) is 3. The highest BCUT2D eigenvalue weighted by molar-refractivity contribution is 5.92. The normalized spacial score (nSPS) is 10.1. The molecule has 0 aromatic heterocycles. The molecule has 1 aromatic rings. The van der Waals surface area contributed by atoms with Gasteiger partial charge >= 0.3 is 0 Å². The Kier molecular flexibility index (Phi) is 4.97. The lowest BCUT2D eigenvalue weighted by atomic mass is 9.99. The lowest BCUT2D eigenvalue weighted by Crippen LogP contribution is -2.13. The SMILES string of the molecule is CCC(=O)Nc1ccc(NO)c(CC)c1CC. The van der Waals surface area contributed by atoms with E-state index in [9.17, 15) is 4.79 Å². The number of carbonyl (C=O) groups excluding carboxylic acids is 1. The summed E-state index contributed by atoms with van der Waals surface area (Å²) in [7, 11) is 0. The molecule has 0 saturated heterocycles. The quantitative estimate of drug-likeness (QED) is 0.689. The lowest BCUT2D eigenvalue weighted by Gasteiger charge is -2.16. The molecule has 0 saturated carbocycles. The fraction of sp³-hybridized carbons (Fsp3) is 0.462. The summed E-state index contributed by atoms with van der Waals surface area (Å²) in [4.78, 5) is 11.4. The molecule has 1 aromatic carbocycles. The van der Waals surface area contributed by atoms with Crippen LogP contribution < -0.4 is 10.8 Å². The number of nitrogens with one attached hydrogen (secondary N) is 2. The van der Waals surface area contributed by atoms with E-state index in [0.29, 0.717) is 12.1 Å². The number of rotatable bonds is 5. The van der Waals surface area contributed by atoms with E-state index in [1.165, 1.54) is 0 Å². The van der Waals surface area contributed by atoms with Gasteiger partial charge in [0.2, 0.25) is 5.91 Å². The number of carbonyl (C=O) groups is 1. The van der Waals surface area contributed by atoms with Crippen molar-refractivity contribution in [2.24, 2.45) is 0 Å². The van der Waals surface area contributed by atoms with Crippen molar-refractivity contribution in [3.63, 3.8) is 0 Å². The lowest BCUT2D eigenvalue weighted by molar-refractivity contribution is -0.115. The van der Waals surface area contributed by atoms with Gasteiger partial charge in [-0.05, 0) is 36.1 Å². The summed E-state index contributed by atoms with van der Waals surface area (Å²) in [5.41, 5.74) is 5.88. The number of hydrogen-bond acceptors (Lipinski definition) is 3. The second-order valence-electron chi connectivity index (χ2n) is 3.84. The molecule has 0 aliphatic rings. The van der Waals surface area contributed by atoms with Gasteiger partial charge in [-0.3, -0.25) is 15.5 Å². The van der Waals surface area contributed by atoms with E-state index in [2.05, 4.69) is 10.8 Å². The van der Waals surface area contributed by atoms with Crippen LogP contribution in [0.5, 0.6) is 0 Å². The Morgan fingerprint density at radius 1 is 1.12 bits per heavy atom. The first-order valence-electron chi connectivity index (χ1n) is 6.02. The maximum absolute atomic E-state index is 11.4. The summed E-state index contributed by atoms with van der Waals surface area (Å²) in [5, 5.41) is 11.9. The molecule has 0 bridgehead atoms. The highest BCUT2D eigenvalue weighted by atomic mass is 16.5. The van der Waals surface area contributed by atoms with Crippen molar-refractivity contribution in [1.82, 2.24) is 0 Å². The van der Waals surface area contributed by atoms with E-state index in [1.807, 2.05) is 26.8 Å². The summed E-state index contributed by atoms with van der Waals surface area (Å²) in [6.45, 7) is 5.89. The van der Waals surface area contributed by atoms with Crippen LogP contribution in [0.4, 0.5) is 11.4 Å². The average Bonchev–Trinajstić information content (AvgIpc) is 2.37. The Hall–Kier alpha value is -1.55. The summed E-state index contributed by atoms with van der Waals surface area (Å²) in [6, 6.07) is 3.60. The van der Waals surface area contributed by atoms with Crippen molar-refractivity contribution in [2.45, 2.75) is 40.0 Å². The molecule has 3 N–H and O–H groups in total. The van der Waals surface area contributed by atoms with Gasteiger partial charge in [0.25, 0.3) is 0 Å². The topological polar surface area (TPSA) is 61.4 Å². The van der Waals surface area contributed by atoms with Gasteiger partial charge < -0.3 is 5.32 Å². The molecular formula is C13H20N2O2. The van der Waals surface area contributed by atoms with Gasteiger partial charge in [0.1, 0.15) is 0 Å². The number of anilines is 2. The molecule has 0 atom stereocenters. The monoisotopic (exact) mass is 236 g/mol. The molecule has 0 fully saturated rings. The summed E-state index contributed by atoms with van der Waals surface area (Å²) >= 11 is 0. The third-order valence-electron chi connectivity index (χ3n) is 2.85. The van der Waals surface area contributed by atoms with Crippen molar-refractivity contribution in [1.29, 1.82) is 0 Å². The van der Waals surface area contributed by atoms with Crippen molar-refractivity contribution in [2.75, 3.05) is 10.8 Å². The zero-order chi connectivity index (χ0) is 12.8. The standard InChI is InChI=1S/C13H20N2O2/c1-4-9-10(5-2)12(15-17)8-7-11(9)14-13(16)6-3/h7-8,15,17H,4-6H2,1-3H3,(H,14,16). The van der Waals surface area contributed by atoms with Gasteiger partial charge in [-0.15, -0.1) is 0 Å². The first kappa shape index (κ1) is 13.5.